The number of methoxy groups -OCH3 is 1. The molecule has 154 valence electrons. The number of benzene rings is 2. The molecule has 3 N–H and O–H groups in total. The van der Waals surface area contributed by atoms with E-state index in [4.69, 9.17) is 15.6 Å². The van der Waals surface area contributed by atoms with Crippen LogP contribution in [-0.2, 0) is 6.54 Å². The van der Waals surface area contributed by atoms with E-state index in [9.17, 15) is 0 Å². The Bertz CT molecular complexity index is 1030. The number of ether oxygens (including phenoxy) is 1. The molecule has 0 spiro atoms. The number of anilines is 1. The number of nitrogens with one attached hydrogen (secondary N) is 1. The molecule has 1 aliphatic heterocycles. The number of aromatic nitrogens is 2. The van der Waals surface area contributed by atoms with E-state index in [0.29, 0.717) is 0 Å². The van der Waals surface area contributed by atoms with Crippen LogP contribution in [0.25, 0.3) is 22.2 Å². The molecule has 1 aliphatic rings. The molecule has 1 aromatic heterocycles. The van der Waals surface area contributed by atoms with Crippen LogP contribution in [0.2, 0.25) is 0 Å². The van der Waals surface area contributed by atoms with Crippen molar-refractivity contribution in [2.45, 2.75) is 33.5 Å². The Morgan fingerprint density at radius 1 is 1.24 bits per heavy atom. The van der Waals surface area contributed by atoms with E-state index < -0.39 is 0 Å². The molecule has 1 atom stereocenters. The molecule has 0 aliphatic carbocycles. The number of nitrogens with zero attached hydrogens (tertiary/aromatic N) is 3. The fourth-order valence-electron chi connectivity index (χ4n) is 3.86. The van der Waals surface area contributed by atoms with Gasteiger partial charge in [0, 0.05) is 0 Å². The van der Waals surface area contributed by atoms with E-state index >= 15 is 0 Å². The molecule has 7 heteroatoms. The van der Waals surface area contributed by atoms with Crippen molar-refractivity contribution in [3.8, 4) is 17.0 Å². The standard InChI is InChI=1S/C22H29N5OSe/c1-5-26(6-2)11-12-27-18-9-8-17(24-14(3)23)22-20(18)21(25-27)16-13-15(28-4)7-10-19(16)29-22/h7-10,13-14,24H,5-6,11-12,23H2,1-4H3. The van der Waals surface area contributed by atoms with Crippen molar-refractivity contribution in [1.82, 2.24) is 14.7 Å². The van der Waals surface area contributed by atoms with E-state index in [2.05, 4.69) is 53.0 Å². The van der Waals surface area contributed by atoms with Crippen LogP contribution in [0, 0.1) is 0 Å². The van der Waals surface area contributed by atoms with Gasteiger partial charge in [0.05, 0.1) is 0 Å². The summed E-state index contributed by atoms with van der Waals surface area (Å²) < 4.78 is 10.3. The third-order valence-corrected chi connectivity index (χ3v) is 7.96. The number of hydrogen-bond acceptors (Lipinski definition) is 5. The van der Waals surface area contributed by atoms with Gasteiger partial charge in [-0.25, -0.2) is 0 Å². The SMILES string of the molecule is CCN(CC)CCn1nc2c3c(c(NC(C)N)ccc31)[Se]c1ccc(OC)cc1-2. The van der Waals surface area contributed by atoms with Crippen molar-refractivity contribution in [2.24, 2.45) is 5.73 Å². The van der Waals surface area contributed by atoms with Gasteiger partial charge in [-0.2, -0.15) is 0 Å². The Balaban J connectivity index is 1.86. The maximum absolute atomic E-state index is 6.05. The average Bonchev–Trinajstić information content (AvgIpc) is 3.10. The molecule has 0 radical (unpaired) electrons. The molecule has 0 saturated carbocycles. The van der Waals surface area contributed by atoms with Crippen molar-refractivity contribution in [3.05, 3.63) is 30.3 Å². The van der Waals surface area contributed by atoms with Crippen LogP contribution < -0.4 is 24.7 Å². The van der Waals surface area contributed by atoms with Crippen LogP contribution in [0.5, 0.6) is 5.75 Å². The molecule has 2 heterocycles. The summed E-state index contributed by atoms with van der Waals surface area (Å²) in [5.74, 6) is 0.874. The van der Waals surface area contributed by atoms with Crippen molar-refractivity contribution in [3.63, 3.8) is 0 Å². The van der Waals surface area contributed by atoms with Crippen molar-refractivity contribution in [1.29, 1.82) is 0 Å². The monoisotopic (exact) mass is 459 g/mol. The van der Waals surface area contributed by atoms with E-state index in [1.54, 1.807) is 7.11 Å². The number of rotatable bonds is 8. The number of likely N-dealkylation sites (N-methyl/N-ethyl adjacent to an activating group) is 1. The zero-order chi connectivity index (χ0) is 20.5. The summed E-state index contributed by atoms with van der Waals surface area (Å²) in [5.41, 5.74) is 10.6. The second-order valence-electron chi connectivity index (χ2n) is 7.33. The molecule has 1 unspecified atom stereocenters. The van der Waals surface area contributed by atoms with Gasteiger partial charge < -0.3 is 0 Å². The normalized spacial score (nSPS) is 13.6. The zero-order valence-electron chi connectivity index (χ0n) is 17.5. The maximum atomic E-state index is 6.05. The topological polar surface area (TPSA) is 68.3 Å². The summed E-state index contributed by atoms with van der Waals surface area (Å²) in [7, 11) is 1.71. The predicted octanol–water partition coefficient (Wildman–Crippen LogP) is 1.74. The minimum absolute atomic E-state index is 0.0991. The third-order valence-electron chi connectivity index (χ3n) is 5.43. The van der Waals surface area contributed by atoms with Crippen molar-refractivity contribution in [2.75, 3.05) is 32.1 Å². The summed E-state index contributed by atoms with van der Waals surface area (Å²) in [5, 5.41) is 9.78. The Morgan fingerprint density at radius 3 is 2.72 bits per heavy atom. The van der Waals surface area contributed by atoms with E-state index in [0.717, 1.165) is 43.3 Å². The molecular formula is C22H29N5OSe. The Morgan fingerprint density at radius 2 is 2.03 bits per heavy atom. The number of fused-ring (bicyclic) bond motifs is 2. The Labute approximate surface area is 178 Å². The molecule has 6 nitrogen and oxygen atoms in total. The summed E-state index contributed by atoms with van der Waals surface area (Å²) in [4.78, 5) is 2.43. The second kappa shape index (κ2) is 8.36. The van der Waals surface area contributed by atoms with Gasteiger partial charge in [-0.05, 0) is 0 Å². The first kappa shape index (κ1) is 20.2. The Hall–Kier alpha value is -2.05. The molecule has 4 rings (SSSR count). The van der Waals surface area contributed by atoms with Gasteiger partial charge in [0.15, 0.2) is 0 Å². The van der Waals surface area contributed by atoms with Gasteiger partial charge in [0.25, 0.3) is 0 Å². The van der Waals surface area contributed by atoms with E-state index in [-0.39, 0.29) is 21.1 Å². The van der Waals surface area contributed by atoms with E-state index in [1.807, 2.05) is 13.0 Å². The number of hydrogen-bond donors (Lipinski definition) is 2. The third kappa shape index (κ3) is 3.76. The molecule has 0 bridgehead atoms. The van der Waals surface area contributed by atoms with Gasteiger partial charge >= 0.3 is 179 Å². The first-order chi connectivity index (χ1) is 14.0. The van der Waals surface area contributed by atoms with Crippen LogP contribution in [0.3, 0.4) is 0 Å². The molecule has 29 heavy (non-hydrogen) atoms. The molecule has 2 aromatic carbocycles. The van der Waals surface area contributed by atoms with Crippen molar-refractivity contribution < 1.29 is 4.74 Å². The van der Waals surface area contributed by atoms with Gasteiger partial charge in [-0.1, -0.05) is 0 Å². The van der Waals surface area contributed by atoms with E-state index in [1.165, 1.54) is 25.4 Å². The van der Waals surface area contributed by atoms with Gasteiger partial charge in [0.1, 0.15) is 0 Å². The first-order valence-electron chi connectivity index (χ1n) is 10.2. The van der Waals surface area contributed by atoms with Crippen LogP contribution in [-0.4, -0.2) is 62.5 Å². The predicted molar refractivity (Wildman–Crippen MR) is 122 cm³/mol. The summed E-state index contributed by atoms with van der Waals surface area (Å²) in [6.07, 6.45) is -0.0991. The van der Waals surface area contributed by atoms with Gasteiger partial charge in [0.2, 0.25) is 0 Å². The second-order valence-corrected chi connectivity index (χ2v) is 9.54. The quantitative estimate of drug-likeness (QED) is 0.311. The minimum atomic E-state index is -0.0991. The molecule has 0 amide bonds. The fraction of sp³-hybridized carbons (Fsp3) is 0.409. The molecule has 0 fully saturated rings. The van der Waals surface area contributed by atoms with Crippen LogP contribution in [0.1, 0.15) is 20.8 Å². The van der Waals surface area contributed by atoms with Gasteiger partial charge in [-0.3, -0.25) is 0 Å². The Kier molecular flexibility index (Phi) is 5.83. The first-order valence-corrected chi connectivity index (χ1v) is 11.9. The zero-order valence-corrected chi connectivity index (χ0v) is 19.2. The fourth-order valence-corrected chi connectivity index (χ4v) is 6.30. The van der Waals surface area contributed by atoms with Crippen LogP contribution >= 0.6 is 0 Å². The van der Waals surface area contributed by atoms with Crippen LogP contribution in [0.15, 0.2) is 30.3 Å². The average molecular weight is 458 g/mol. The van der Waals surface area contributed by atoms with Gasteiger partial charge in [-0.15, -0.1) is 0 Å². The number of nitrogens with two attached hydrogens (primary N) is 1. The van der Waals surface area contributed by atoms with Crippen molar-refractivity contribution >= 4 is 40.5 Å². The summed E-state index contributed by atoms with van der Waals surface area (Å²) in [6.45, 7) is 10.4. The molecule has 0 saturated heterocycles. The molecular weight excluding hydrogens is 429 g/mol. The summed E-state index contributed by atoms with van der Waals surface area (Å²) in [6, 6.07) is 10.7. The molecule has 3 aromatic rings. The summed E-state index contributed by atoms with van der Waals surface area (Å²) >= 11 is 0.179. The van der Waals surface area contributed by atoms with Crippen LogP contribution in [0.4, 0.5) is 5.69 Å².